The molecule has 2 N–H and O–H groups in total. The van der Waals surface area contributed by atoms with Crippen LogP contribution in [0.2, 0.25) is 0 Å². The second-order valence-electron chi connectivity index (χ2n) is 7.73. The minimum Gasteiger partial charge on any atom is -0.379 e. The van der Waals surface area contributed by atoms with Gasteiger partial charge in [0.05, 0.1) is 13.2 Å². The molecule has 30 heavy (non-hydrogen) atoms. The van der Waals surface area contributed by atoms with Crippen molar-refractivity contribution in [3.05, 3.63) is 34.9 Å². The summed E-state index contributed by atoms with van der Waals surface area (Å²) in [5.74, 6) is 0.697. The van der Waals surface area contributed by atoms with Gasteiger partial charge in [0.15, 0.2) is 5.96 Å². The minimum atomic E-state index is -0.00540. The molecule has 0 atom stereocenters. The van der Waals surface area contributed by atoms with Crippen LogP contribution in [0, 0.1) is 13.8 Å². The van der Waals surface area contributed by atoms with Crippen molar-refractivity contribution in [2.75, 3.05) is 66.6 Å². The Labute approximate surface area is 198 Å². The number of carbonyl (C=O) groups is 1. The Morgan fingerprint density at radius 2 is 1.77 bits per heavy atom. The fourth-order valence-corrected chi connectivity index (χ4v) is 3.35. The Balaban J connectivity index is 0.00000450. The monoisotopic (exact) mass is 531 g/mol. The molecule has 0 saturated carbocycles. The first-order chi connectivity index (χ1) is 14.0. The average molecular weight is 531 g/mol. The number of morpholine rings is 1. The van der Waals surface area contributed by atoms with Crippen LogP contribution in [0.25, 0.3) is 0 Å². The molecule has 1 saturated heterocycles. The van der Waals surface area contributed by atoms with E-state index >= 15 is 0 Å². The molecule has 1 heterocycles. The molecular formula is C22H38IN5O2. The van der Waals surface area contributed by atoms with Crippen LogP contribution in [-0.4, -0.2) is 88.2 Å². The predicted octanol–water partition coefficient (Wildman–Crippen LogP) is 1.81. The quantitative estimate of drug-likeness (QED) is 0.220. The van der Waals surface area contributed by atoms with Gasteiger partial charge in [-0.1, -0.05) is 18.2 Å². The number of nitrogens with one attached hydrogen (secondary N) is 2. The summed E-state index contributed by atoms with van der Waals surface area (Å²) in [6.45, 7) is 10.8. The average Bonchev–Trinajstić information content (AvgIpc) is 2.71. The van der Waals surface area contributed by atoms with Gasteiger partial charge in [-0.05, 0) is 49.9 Å². The van der Waals surface area contributed by atoms with Crippen molar-refractivity contribution in [1.29, 1.82) is 0 Å². The van der Waals surface area contributed by atoms with Crippen LogP contribution in [-0.2, 0) is 16.0 Å². The van der Waals surface area contributed by atoms with Gasteiger partial charge in [-0.2, -0.15) is 0 Å². The van der Waals surface area contributed by atoms with Gasteiger partial charge in [-0.25, -0.2) is 4.99 Å². The topological polar surface area (TPSA) is 69.2 Å². The first kappa shape index (κ1) is 26.6. The smallest absolute Gasteiger partial charge is 0.243 e. The molecule has 1 aromatic carbocycles. The van der Waals surface area contributed by atoms with Crippen molar-refractivity contribution in [3.63, 3.8) is 0 Å². The number of likely N-dealkylation sites (N-methyl/N-ethyl adjacent to an activating group) is 1. The number of hydrogen-bond donors (Lipinski definition) is 2. The van der Waals surface area contributed by atoms with Crippen molar-refractivity contribution in [3.8, 4) is 0 Å². The molecule has 0 radical (unpaired) electrons. The second kappa shape index (κ2) is 14.6. The zero-order valence-electron chi connectivity index (χ0n) is 18.9. The van der Waals surface area contributed by atoms with Crippen LogP contribution in [0.4, 0.5) is 0 Å². The van der Waals surface area contributed by atoms with E-state index in [4.69, 9.17) is 4.74 Å². The number of aliphatic imine (C=N–C) groups is 1. The van der Waals surface area contributed by atoms with Crippen LogP contribution in [0.15, 0.2) is 23.2 Å². The Morgan fingerprint density at radius 3 is 2.40 bits per heavy atom. The van der Waals surface area contributed by atoms with Crippen molar-refractivity contribution >= 4 is 35.8 Å². The standard InChI is InChI=1S/C22H37N5O2.HI/c1-18-7-5-8-19(2)20(18)9-11-24-22(25-17-21(28)26(3)4)23-10-6-12-27-13-15-29-16-14-27;/h5,7-8H,6,9-17H2,1-4H3,(H2,23,24,25);1H. The summed E-state index contributed by atoms with van der Waals surface area (Å²) in [4.78, 5) is 20.4. The van der Waals surface area contributed by atoms with Crippen molar-refractivity contribution in [2.24, 2.45) is 4.99 Å². The van der Waals surface area contributed by atoms with E-state index in [1.54, 1.807) is 19.0 Å². The van der Waals surface area contributed by atoms with E-state index in [2.05, 4.69) is 52.6 Å². The summed E-state index contributed by atoms with van der Waals surface area (Å²) in [6, 6.07) is 6.39. The van der Waals surface area contributed by atoms with Gasteiger partial charge in [0.2, 0.25) is 5.91 Å². The van der Waals surface area contributed by atoms with Gasteiger partial charge in [0, 0.05) is 40.3 Å². The molecule has 0 spiro atoms. The zero-order valence-corrected chi connectivity index (χ0v) is 21.2. The van der Waals surface area contributed by atoms with E-state index in [9.17, 15) is 4.79 Å². The van der Waals surface area contributed by atoms with Gasteiger partial charge in [0.25, 0.3) is 0 Å². The summed E-state index contributed by atoms with van der Waals surface area (Å²) >= 11 is 0. The van der Waals surface area contributed by atoms with E-state index in [1.807, 2.05) is 0 Å². The number of benzene rings is 1. The summed E-state index contributed by atoms with van der Waals surface area (Å²) in [6.07, 6.45) is 1.95. The predicted molar refractivity (Wildman–Crippen MR) is 134 cm³/mol. The SMILES string of the molecule is Cc1cccc(C)c1CCNC(=NCC(=O)N(C)C)NCCCN1CCOCC1.I. The number of amides is 1. The maximum Gasteiger partial charge on any atom is 0.243 e. The maximum absolute atomic E-state index is 11.9. The third-order valence-electron chi connectivity index (χ3n) is 5.23. The Bertz CT molecular complexity index is 655. The fraction of sp³-hybridized carbons (Fsp3) is 0.636. The Hall–Kier alpha value is -1.39. The van der Waals surface area contributed by atoms with Gasteiger partial charge < -0.3 is 20.3 Å². The fourth-order valence-electron chi connectivity index (χ4n) is 3.35. The van der Waals surface area contributed by atoms with Gasteiger partial charge >= 0.3 is 0 Å². The molecule has 7 nitrogen and oxygen atoms in total. The molecule has 1 aromatic rings. The van der Waals surface area contributed by atoms with Crippen LogP contribution in [0.5, 0.6) is 0 Å². The molecule has 0 unspecified atom stereocenters. The first-order valence-electron chi connectivity index (χ1n) is 10.5. The number of nitrogens with zero attached hydrogens (tertiary/aromatic N) is 3. The van der Waals surface area contributed by atoms with Crippen LogP contribution < -0.4 is 10.6 Å². The lowest BCUT2D eigenvalue weighted by molar-refractivity contribution is -0.127. The second-order valence-corrected chi connectivity index (χ2v) is 7.73. The molecule has 1 fully saturated rings. The first-order valence-corrected chi connectivity index (χ1v) is 10.5. The van der Waals surface area contributed by atoms with Crippen LogP contribution in [0.1, 0.15) is 23.1 Å². The number of hydrogen-bond acceptors (Lipinski definition) is 4. The molecule has 1 amide bonds. The zero-order chi connectivity index (χ0) is 21.1. The molecule has 0 aliphatic carbocycles. The lowest BCUT2D eigenvalue weighted by Gasteiger charge is -2.26. The third-order valence-corrected chi connectivity index (χ3v) is 5.23. The van der Waals surface area contributed by atoms with E-state index in [0.717, 1.165) is 58.8 Å². The highest BCUT2D eigenvalue weighted by molar-refractivity contribution is 14.0. The molecule has 1 aliphatic heterocycles. The van der Waals surface area contributed by atoms with E-state index in [1.165, 1.54) is 16.7 Å². The van der Waals surface area contributed by atoms with Crippen LogP contribution >= 0.6 is 24.0 Å². The lowest BCUT2D eigenvalue weighted by atomic mass is 10.0. The summed E-state index contributed by atoms with van der Waals surface area (Å²) in [7, 11) is 3.50. The molecule has 2 rings (SSSR count). The normalized spacial score (nSPS) is 14.7. The number of guanidine groups is 1. The van der Waals surface area contributed by atoms with Gasteiger partial charge in [-0.15, -0.1) is 24.0 Å². The van der Waals surface area contributed by atoms with Crippen LogP contribution in [0.3, 0.4) is 0 Å². The number of halogens is 1. The van der Waals surface area contributed by atoms with Gasteiger partial charge in [0.1, 0.15) is 6.54 Å². The van der Waals surface area contributed by atoms with E-state index in [0.29, 0.717) is 5.96 Å². The summed E-state index contributed by atoms with van der Waals surface area (Å²) in [5, 5.41) is 6.77. The largest absolute Gasteiger partial charge is 0.379 e. The highest BCUT2D eigenvalue weighted by Crippen LogP contribution is 2.13. The number of carbonyl (C=O) groups excluding carboxylic acids is 1. The minimum absolute atomic E-state index is 0. The number of ether oxygens (including phenoxy) is 1. The highest BCUT2D eigenvalue weighted by atomic mass is 127. The van der Waals surface area contributed by atoms with Gasteiger partial charge in [-0.3, -0.25) is 9.69 Å². The number of aryl methyl sites for hydroxylation is 2. The van der Waals surface area contributed by atoms with Crippen molar-refractivity contribution in [2.45, 2.75) is 26.7 Å². The molecular weight excluding hydrogens is 493 g/mol. The molecule has 1 aliphatic rings. The molecule has 170 valence electrons. The van der Waals surface area contributed by atoms with Crippen molar-refractivity contribution in [1.82, 2.24) is 20.4 Å². The van der Waals surface area contributed by atoms with E-state index in [-0.39, 0.29) is 36.4 Å². The molecule has 0 bridgehead atoms. The third kappa shape index (κ3) is 9.61. The Kier molecular flexibility index (Phi) is 13.0. The Morgan fingerprint density at radius 1 is 1.13 bits per heavy atom. The highest BCUT2D eigenvalue weighted by Gasteiger charge is 2.10. The summed E-state index contributed by atoms with van der Waals surface area (Å²) < 4.78 is 5.39. The van der Waals surface area contributed by atoms with E-state index < -0.39 is 0 Å². The summed E-state index contributed by atoms with van der Waals surface area (Å²) in [5.41, 5.74) is 3.99. The lowest BCUT2D eigenvalue weighted by Crippen LogP contribution is -2.42. The molecule has 8 heteroatoms. The maximum atomic E-state index is 11.9. The number of rotatable bonds is 9. The van der Waals surface area contributed by atoms with Crippen molar-refractivity contribution < 1.29 is 9.53 Å². The molecule has 0 aromatic heterocycles.